The van der Waals surface area contributed by atoms with Crippen LogP contribution in [0.5, 0.6) is 0 Å². The molecule has 0 bridgehead atoms. The van der Waals surface area contributed by atoms with E-state index in [1.54, 1.807) is 0 Å². The molecule has 0 aliphatic heterocycles. The molecule has 2 heteroatoms. The van der Waals surface area contributed by atoms with Gasteiger partial charge in [-0.25, -0.2) is 0 Å². The van der Waals surface area contributed by atoms with E-state index in [4.69, 9.17) is 0 Å². The third-order valence-corrected chi connectivity index (χ3v) is 1.97. The van der Waals surface area contributed by atoms with Crippen molar-refractivity contribution in [1.29, 1.82) is 0 Å². The van der Waals surface area contributed by atoms with Crippen molar-refractivity contribution >= 4 is 15.6 Å². The predicted molar refractivity (Wildman–Crippen MR) is 29.8 cm³/mol. The molecule has 0 heterocycles. The van der Waals surface area contributed by atoms with E-state index >= 15 is 0 Å². The summed E-state index contributed by atoms with van der Waals surface area (Å²) in [5, 5.41) is 0.398. The lowest BCUT2D eigenvalue weighted by Gasteiger charge is -1.91. The van der Waals surface area contributed by atoms with E-state index in [-0.39, 0.29) is 5.92 Å². The van der Waals surface area contributed by atoms with Gasteiger partial charge in [-0.15, -0.1) is 0 Å². The fraction of sp³-hybridized carbons (Fsp3) is 0.750. The topological polar surface area (TPSA) is 17.1 Å². The second-order valence-electron chi connectivity index (χ2n) is 1.77. The first-order chi connectivity index (χ1) is 2.64. The fourth-order valence-corrected chi connectivity index (χ4v) is 0. The Morgan fingerprint density at radius 3 is 1.83 bits per heavy atom. The lowest BCUT2D eigenvalue weighted by molar-refractivity contribution is -0.114. The van der Waals surface area contributed by atoms with Gasteiger partial charge in [-0.2, -0.15) is 0 Å². The Morgan fingerprint density at radius 2 is 1.83 bits per heavy atom. The summed E-state index contributed by atoms with van der Waals surface area (Å²) in [6.45, 7) is 3.85. The first-order valence-corrected chi connectivity index (χ1v) is 3.15. The van der Waals surface area contributed by atoms with Gasteiger partial charge >= 0.3 is 0 Å². The molecule has 1 nitrogen and oxygen atoms in total. The standard InChI is InChI=1S/C4H10OSi/c1-3(2)4(5)6/h3H,1-2,6H3. The molecule has 0 aromatic rings. The van der Waals surface area contributed by atoms with Gasteiger partial charge in [0, 0.05) is 5.92 Å². The maximum absolute atomic E-state index is 10.2. The molecule has 0 rings (SSSR count). The Morgan fingerprint density at radius 1 is 1.67 bits per heavy atom. The van der Waals surface area contributed by atoms with Crippen molar-refractivity contribution in [3.05, 3.63) is 0 Å². The van der Waals surface area contributed by atoms with E-state index in [9.17, 15) is 4.79 Å². The molecule has 0 radical (unpaired) electrons. The van der Waals surface area contributed by atoms with E-state index in [1.807, 2.05) is 13.8 Å². The Bertz CT molecular complexity index is 58.6. The molecule has 0 aromatic heterocycles. The van der Waals surface area contributed by atoms with Gasteiger partial charge < -0.3 is 4.79 Å². The minimum absolute atomic E-state index is 0.275. The number of hydrogen-bond acceptors (Lipinski definition) is 1. The van der Waals surface area contributed by atoms with Crippen molar-refractivity contribution in [3.63, 3.8) is 0 Å². The second-order valence-corrected chi connectivity index (χ2v) is 2.75. The molecule has 0 saturated carbocycles. The third kappa shape index (κ3) is 2.14. The minimum atomic E-state index is 0.275. The minimum Gasteiger partial charge on any atom is -0.306 e. The number of carbonyl (C=O) groups excluding carboxylic acids is 1. The highest BCUT2D eigenvalue weighted by Gasteiger charge is 1.94. The average Bonchev–Trinajstić information content (AvgIpc) is 1.36. The molecule has 0 aromatic carbocycles. The van der Waals surface area contributed by atoms with Crippen LogP contribution in [0, 0.1) is 5.92 Å². The van der Waals surface area contributed by atoms with Crippen LogP contribution in [0.25, 0.3) is 0 Å². The van der Waals surface area contributed by atoms with Crippen LogP contribution >= 0.6 is 0 Å². The van der Waals surface area contributed by atoms with Gasteiger partial charge in [-0.1, -0.05) is 13.8 Å². The predicted octanol–water partition coefficient (Wildman–Crippen LogP) is -0.466. The maximum Gasteiger partial charge on any atom is 0.103 e. The molecule has 0 N–H and O–H groups in total. The maximum atomic E-state index is 10.2. The zero-order valence-electron chi connectivity index (χ0n) is 4.49. The molecular formula is C4H10OSi. The van der Waals surface area contributed by atoms with E-state index < -0.39 is 0 Å². The zero-order chi connectivity index (χ0) is 5.15. The lowest BCUT2D eigenvalue weighted by Crippen LogP contribution is -2.04. The summed E-state index contributed by atoms with van der Waals surface area (Å²) in [6.07, 6.45) is 0. The number of hydrogen-bond donors (Lipinski definition) is 0. The van der Waals surface area contributed by atoms with Gasteiger partial charge in [0.25, 0.3) is 0 Å². The molecule has 0 atom stereocenters. The zero-order valence-corrected chi connectivity index (χ0v) is 6.49. The van der Waals surface area contributed by atoms with E-state index in [2.05, 4.69) is 0 Å². The van der Waals surface area contributed by atoms with Crippen LogP contribution in [0.4, 0.5) is 0 Å². The second kappa shape index (κ2) is 2.13. The summed E-state index contributed by atoms with van der Waals surface area (Å²) in [5.74, 6) is 0.275. The molecular weight excluding hydrogens is 92.1 g/mol. The fourth-order valence-electron chi connectivity index (χ4n) is 0. The van der Waals surface area contributed by atoms with Gasteiger partial charge in [0.2, 0.25) is 0 Å². The quantitative estimate of drug-likeness (QED) is 0.409. The molecule has 0 aliphatic rings. The van der Waals surface area contributed by atoms with E-state index in [0.29, 0.717) is 15.6 Å². The lowest BCUT2D eigenvalue weighted by atomic mass is 10.3. The third-order valence-electron chi connectivity index (χ3n) is 0.813. The van der Waals surface area contributed by atoms with Crippen molar-refractivity contribution in [1.82, 2.24) is 0 Å². The number of rotatable bonds is 1. The van der Waals surface area contributed by atoms with Crippen molar-refractivity contribution < 1.29 is 4.79 Å². The van der Waals surface area contributed by atoms with Gasteiger partial charge in [-0.3, -0.25) is 0 Å². The molecule has 0 fully saturated rings. The summed E-state index contributed by atoms with van der Waals surface area (Å²) in [6, 6.07) is 0. The SMILES string of the molecule is CC(C)C(=O)[SiH3]. The highest BCUT2D eigenvalue weighted by atomic mass is 28.1. The van der Waals surface area contributed by atoms with Crippen LogP contribution in [-0.2, 0) is 4.79 Å². The van der Waals surface area contributed by atoms with Crippen LogP contribution in [0.15, 0.2) is 0 Å². The molecule has 36 valence electrons. The normalized spacial score (nSPS) is 9.83. The van der Waals surface area contributed by atoms with Crippen LogP contribution in [0.3, 0.4) is 0 Å². The van der Waals surface area contributed by atoms with Crippen LogP contribution in [0.2, 0.25) is 0 Å². The summed E-state index contributed by atoms with van der Waals surface area (Å²) in [4.78, 5) is 10.2. The van der Waals surface area contributed by atoms with E-state index in [1.165, 1.54) is 0 Å². The Balaban J connectivity index is 3.26. The Hall–Kier alpha value is -0.113. The van der Waals surface area contributed by atoms with Crippen LogP contribution in [0.1, 0.15) is 13.8 Å². The van der Waals surface area contributed by atoms with Crippen molar-refractivity contribution in [3.8, 4) is 0 Å². The highest BCUT2D eigenvalue weighted by Crippen LogP contribution is 1.86. The van der Waals surface area contributed by atoms with Crippen LogP contribution < -0.4 is 0 Å². The molecule has 0 spiro atoms. The molecule has 0 unspecified atom stereocenters. The Labute approximate surface area is 41.2 Å². The smallest absolute Gasteiger partial charge is 0.103 e. The highest BCUT2D eigenvalue weighted by molar-refractivity contribution is 6.58. The summed E-state index contributed by atoms with van der Waals surface area (Å²) in [7, 11) is 0.715. The number of carbonyl (C=O) groups is 1. The first-order valence-electron chi connectivity index (χ1n) is 2.15. The Kier molecular flexibility index (Phi) is 2.09. The summed E-state index contributed by atoms with van der Waals surface area (Å²) in [5.41, 5.74) is 0. The van der Waals surface area contributed by atoms with Crippen LogP contribution in [-0.4, -0.2) is 15.6 Å². The monoisotopic (exact) mass is 102 g/mol. The molecule has 0 amide bonds. The molecule has 6 heavy (non-hydrogen) atoms. The van der Waals surface area contributed by atoms with Gasteiger partial charge in [-0.05, 0) is 0 Å². The first kappa shape index (κ1) is 5.89. The largest absolute Gasteiger partial charge is 0.306 e. The van der Waals surface area contributed by atoms with E-state index in [0.717, 1.165) is 0 Å². The van der Waals surface area contributed by atoms with Gasteiger partial charge in [0.15, 0.2) is 0 Å². The molecule has 0 aliphatic carbocycles. The van der Waals surface area contributed by atoms with Gasteiger partial charge in [0.1, 0.15) is 5.41 Å². The van der Waals surface area contributed by atoms with Crippen molar-refractivity contribution in [2.75, 3.05) is 0 Å². The van der Waals surface area contributed by atoms with Gasteiger partial charge in [0.05, 0.1) is 10.2 Å². The average molecular weight is 102 g/mol. The van der Waals surface area contributed by atoms with Crippen molar-refractivity contribution in [2.24, 2.45) is 5.92 Å². The molecule has 0 saturated heterocycles. The summed E-state index contributed by atoms with van der Waals surface area (Å²) >= 11 is 0. The summed E-state index contributed by atoms with van der Waals surface area (Å²) < 4.78 is 0. The van der Waals surface area contributed by atoms with Crippen molar-refractivity contribution in [2.45, 2.75) is 13.8 Å².